The molecule has 0 rings (SSSR count). The van der Waals surface area contributed by atoms with Crippen molar-refractivity contribution < 1.29 is 0 Å². The zero-order valence-corrected chi connectivity index (χ0v) is 9.89. The molecule has 0 heterocycles. The number of hydrogen-bond donors (Lipinski definition) is 0. The average molecular weight is 181 g/mol. The van der Waals surface area contributed by atoms with Crippen molar-refractivity contribution in [1.82, 2.24) is 0 Å². The predicted molar refractivity (Wildman–Crippen MR) is 61.5 cm³/mol. The highest BCUT2D eigenvalue weighted by Crippen LogP contribution is 2.19. The van der Waals surface area contributed by atoms with Crippen LogP contribution in [0.25, 0.3) is 0 Å². The first-order valence-electron chi connectivity index (χ1n) is 5.01. The molecular formula is C12H23N. The fraction of sp³-hybridized carbons (Fsp3) is 0.750. The Morgan fingerprint density at radius 3 is 2.23 bits per heavy atom. The summed E-state index contributed by atoms with van der Waals surface area (Å²) in [7, 11) is 0. The van der Waals surface area contributed by atoms with Crippen molar-refractivity contribution in [2.75, 3.05) is 0 Å². The molecule has 1 heteroatoms. The molecule has 0 fully saturated rings. The van der Waals surface area contributed by atoms with Crippen molar-refractivity contribution in [2.45, 2.75) is 54.0 Å². The largest absolute Gasteiger partial charge is 0.294 e. The molecular weight excluding hydrogens is 158 g/mol. The quantitative estimate of drug-likeness (QED) is 0.461. The van der Waals surface area contributed by atoms with Crippen LogP contribution in [0.1, 0.15) is 48.0 Å². The summed E-state index contributed by atoms with van der Waals surface area (Å²) in [5.74, 6) is 0. The van der Waals surface area contributed by atoms with E-state index in [1.807, 2.05) is 0 Å². The van der Waals surface area contributed by atoms with E-state index in [0.717, 1.165) is 6.42 Å². The Labute approximate surface area is 83.0 Å². The minimum Gasteiger partial charge on any atom is -0.294 e. The molecule has 0 atom stereocenters. The molecule has 0 aromatic rings. The molecule has 0 N–H and O–H groups in total. The van der Waals surface area contributed by atoms with Crippen LogP contribution in [0.3, 0.4) is 0 Å². The fourth-order valence-electron chi connectivity index (χ4n) is 0.871. The van der Waals surface area contributed by atoms with Crippen LogP contribution in [0, 0.1) is 5.41 Å². The molecule has 1 nitrogen and oxygen atoms in total. The minimum atomic E-state index is 0.196. The van der Waals surface area contributed by atoms with E-state index in [4.69, 9.17) is 0 Å². The second kappa shape index (κ2) is 5.21. The maximum absolute atomic E-state index is 4.42. The van der Waals surface area contributed by atoms with E-state index in [1.54, 1.807) is 0 Å². The van der Waals surface area contributed by atoms with Gasteiger partial charge in [0.05, 0.1) is 0 Å². The van der Waals surface area contributed by atoms with Crippen molar-refractivity contribution in [2.24, 2.45) is 10.4 Å². The molecule has 0 amide bonds. The maximum atomic E-state index is 4.42. The van der Waals surface area contributed by atoms with Crippen LogP contribution in [-0.4, -0.2) is 12.3 Å². The third-order valence-electron chi connectivity index (χ3n) is 1.76. The Morgan fingerprint density at radius 2 is 1.85 bits per heavy atom. The molecule has 0 aliphatic rings. The van der Waals surface area contributed by atoms with Crippen LogP contribution in [0.4, 0.5) is 0 Å². The summed E-state index contributed by atoms with van der Waals surface area (Å²) in [6.45, 7) is 12.9. The Bertz CT molecular complexity index is 193. The Hall–Kier alpha value is -0.590. The van der Waals surface area contributed by atoms with Gasteiger partial charge in [0.25, 0.3) is 0 Å². The van der Waals surface area contributed by atoms with Gasteiger partial charge in [-0.05, 0) is 34.1 Å². The van der Waals surface area contributed by atoms with Gasteiger partial charge in [-0.15, -0.1) is 0 Å². The monoisotopic (exact) mass is 181 g/mol. The highest BCUT2D eigenvalue weighted by atomic mass is 14.7. The SMILES string of the molecule is CC(C)=CCC(C)(C)C=NC(C)C. The van der Waals surface area contributed by atoms with Crippen LogP contribution >= 0.6 is 0 Å². The van der Waals surface area contributed by atoms with E-state index < -0.39 is 0 Å². The topological polar surface area (TPSA) is 12.4 Å². The summed E-state index contributed by atoms with van der Waals surface area (Å²) < 4.78 is 0. The number of aliphatic imine (C=N–C) groups is 1. The van der Waals surface area contributed by atoms with Gasteiger partial charge in [-0.3, -0.25) is 4.99 Å². The first-order valence-corrected chi connectivity index (χ1v) is 5.01. The summed E-state index contributed by atoms with van der Waals surface area (Å²) >= 11 is 0. The van der Waals surface area contributed by atoms with E-state index >= 15 is 0 Å². The van der Waals surface area contributed by atoms with E-state index in [1.165, 1.54) is 5.57 Å². The lowest BCUT2D eigenvalue weighted by molar-refractivity contribution is 0.539. The standard InChI is InChI=1S/C12H23N/c1-10(2)7-8-12(5,6)9-13-11(3)4/h7,9,11H,8H2,1-6H3. The van der Waals surface area contributed by atoms with Crippen molar-refractivity contribution >= 4 is 6.21 Å². The molecule has 0 aromatic carbocycles. The molecule has 13 heavy (non-hydrogen) atoms. The lowest BCUT2D eigenvalue weighted by Crippen LogP contribution is -2.13. The van der Waals surface area contributed by atoms with Gasteiger partial charge in [-0.1, -0.05) is 25.5 Å². The van der Waals surface area contributed by atoms with Crippen molar-refractivity contribution in [3.8, 4) is 0 Å². The fourth-order valence-corrected chi connectivity index (χ4v) is 0.871. The normalized spacial score (nSPS) is 12.5. The Balaban J connectivity index is 4.16. The number of hydrogen-bond acceptors (Lipinski definition) is 1. The first-order chi connectivity index (χ1) is 5.83. The predicted octanol–water partition coefficient (Wildman–Crippen LogP) is 3.85. The van der Waals surface area contributed by atoms with Crippen LogP contribution in [0.15, 0.2) is 16.6 Å². The Kier molecular flexibility index (Phi) is 4.97. The lowest BCUT2D eigenvalue weighted by atomic mass is 9.90. The van der Waals surface area contributed by atoms with Gasteiger partial charge >= 0.3 is 0 Å². The molecule has 76 valence electrons. The molecule has 0 aliphatic heterocycles. The van der Waals surface area contributed by atoms with Crippen LogP contribution in [-0.2, 0) is 0 Å². The van der Waals surface area contributed by atoms with E-state index in [2.05, 4.69) is 58.8 Å². The summed E-state index contributed by atoms with van der Waals surface area (Å²) in [6, 6.07) is 0.408. The van der Waals surface area contributed by atoms with Gasteiger partial charge in [-0.25, -0.2) is 0 Å². The summed E-state index contributed by atoms with van der Waals surface area (Å²) in [5.41, 5.74) is 1.58. The second-order valence-corrected chi connectivity index (χ2v) is 4.85. The lowest BCUT2D eigenvalue weighted by Gasteiger charge is -2.17. The van der Waals surface area contributed by atoms with Gasteiger partial charge in [0.1, 0.15) is 0 Å². The molecule has 0 aromatic heterocycles. The number of allylic oxidation sites excluding steroid dienone is 2. The van der Waals surface area contributed by atoms with Crippen LogP contribution in [0.5, 0.6) is 0 Å². The van der Waals surface area contributed by atoms with Gasteiger partial charge < -0.3 is 0 Å². The number of rotatable bonds is 4. The van der Waals surface area contributed by atoms with Crippen molar-refractivity contribution in [1.29, 1.82) is 0 Å². The molecule has 0 aliphatic carbocycles. The van der Waals surface area contributed by atoms with Gasteiger partial charge in [0, 0.05) is 17.7 Å². The summed E-state index contributed by atoms with van der Waals surface area (Å²) in [4.78, 5) is 4.42. The third kappa shape index (κ3) is 7.76. The molecule has 0 radical (unpaired) electrons. The van der Waals surface area contributed by atoms with Crippen molar-refractivity contribution in [3.05, 3.63) is 11.6 Å². The summed E-state index contributed by atoms with van der Waals surface area (Å²) in [6.07, 6.45) is 5.43. The third-order valence-corrected chi connectivity index (χ3v) is 1.76. The summed E-state index contributed by atoms with van der Waals surface area (Å²) in [5, 5.41) is 0. The highest BCUT2D eigenvalue weighted by Gasteiger charge is 2.12. The zero-order chi connectivity index (χ0) is 10.5. The van der Waals surface area contributed by atoms with E-state index in [-0.39, 0.29) is 5.41 Å². The van der Waals surface area contributed by atoms with Gasteiger partial charge in [0.2, 0.25) is 0 Å². The highest BCUT2D eigenvalue weighted by molar-refractivity contribution is 5.65. The van der Waals surface area contributed by atoms with Crippen LogP contribution in [0.2, 0.25) is 0 Å². The van der Waals surface area contributed by atoms with E-state index in [0.29, 0.717) is 6.04 Å². The molecule has 0 unspecified atom stereocenters. The maximum Gasteiger partial charge on any atom is 0.0439 e. The molecule has 0 saturated carbocycles. The second-order valence-electron chi connectivity index (χ2n) is 4.85. The average Bonchev–Trinajstić information content (AvgIpc) is 1.98. The number of nitrogens with zero attached hydrogens (tertiary/aromatic N) is 1. The first kappa shape index (κ1) is 12.4. The van der Waals surface area contributed by atoms with Gasteiger partial charge in [0.15, 0.2) is 0 Å². The molecule has 0 spiro atoms. The zero-order valence-electron chi connectivity index (χ0n) is 9.89. The molecule has 0 bridgehead atoms. The Morgan fingerprint density at radius 1 is 1.31 bits per heavy atom. The molecule has 0 saturated heterocycles. The van der Waals surface area contributed by atoms with Gasteiger partial charge in [-0.2, -0.15) is 0 Å². The van der Waals surface area contributed by atoms with Crippen molar-refractivity contribution in [3.63, 3.8) is 0 Å². The minimum absolute atomic E-state index is 0.196. The smallest absolute Gasteiger partial charge is 0.0439 e. The van der Waals surface area contributed by atoms with E-state index in [9.17, 15) is 0 Å². The van der Waals surface area contributed by atoms with Crippen LogP contribution < -0.4 is 0 Å².